The number of benzene rings is 1. The van der Waals surface area contributed by atoms with Gasteiger partial charge in [0.25, 0.3) is 0 Å². The zero-order chi connectivity index (χ0) is 12.9. The van der Waals surface area contributed by atoms with Gasteiger partial charge in [-0.1, -0.05) is 39.0 Å². The largest absolute Gasteiger partial charge is 0.494 e. The maximum atomic E-state index is 11.9. The molecule has 0 bridgehead atoms. The van der Waals surface area contributed by atoms with Gasteiger partial charge in [0.05, 0.1) is 6.61 Å². The van der Waals surface area contributed by atoms with Crippen molar-refractivity contribution in [2.24, 2.45) is 5.41 Å². The number of hydrogen-bond acceptors (Lipinski definition) is 2. The Kier molecular flexibility index (Phi) is 4.73. The maximum Gasteiger partial charge on any atom is 0.138 e. The fraction of sp³-hybridized carbons (Fsp3) is 0.533. The van der Waals surface area contributed by atoms with Crippen LogP contribution in [-0.4, -0.2) is 12.4 Å². The van der Waals surface area contributed by atoms with Gasteiger partial charge in [0.1, 0.15) is 11.5 Å². The van der Waals surface area contributed by atoms with Gasteiger partial charge in [0.2, 0.25) is 0 Å². The summed E-state index contributed by atoms with van der Waals surface area (Å²) in [6.07, 6.45) is 1.33. The van der Waals surface area contributed by atoms with E-state index in [4.69, 9.17) is 4.74 Å². The number of para-hydroxylation sites is 1. The Labute approximate surface area is 104 Å². The number of aryl methyl sites for hydroxylation is 1. The van der Waals surface area contributed by atoms with Gasteiger partial charge in [-0.15, -0.1) is 0 Å². The van der Waals surface area contributed by atoms with Gasteiger partial charge in [-0.05, 0) is 25.0 Å². The average molecular weight is 234 g/mol. The number of Topliss-reactive ketones (excluding diaryl/α,β-unsaturated/α-hetero) is 1. The molecule has 0 saturated carbocycles. The van der Waals surface area contributed by atoms with Crippen LogP contribution in [0.5, 0.6) is 5.75 Å². The lowest BCUT2D eigenvalue weighted by Crippen LogP contribution is -2.20. The van der Waals surface area contributed by atoms with Crippen LogP contribution in [0.4, 0.5) is 0 Å². The molecule has 0 spiro atoms. The summed E-state index contributed by atoms with van der Waals surface area (Å²) in [5.41, 5.74) is 0.868. The van der Waals surface area contributed by atoms with Crippen molar-refractivity contribution in [3.63, 3.8) is 0 Å². The summed E-state index contributed by atoms with van der Waals surface area (Å²) in [4.78, 5) is 11.9. The summed E-state index contributed by atoms with van der Waals surface area (Å²) in [5, 5.41) is 0. The summed E-state index contributed by atoms with van der Waals surface area (Å²) < 4.78 is 5.54. The second-order valence-electron chi connectivity index (χ2n) is 5.21. The van der Waals surface area contributed by atoms with E-state index in [1.807, 2.05) is 52.0 Å². The second-order valence-corrected chi connectivity index (χ2v) is 5.21. The molecule has 2 nitrogen and oxygen atoms in total. The number of ketones is 1. The van der Waals surface area contributed by atoms with Crippen LogP contribution in [0.1, 0.15) is 39.7 Å². The van der Waals surface area contributed by atoms with Crippen molar-refractivity contribution in [2.75, 3.05) is 6.61 Å². The third-order valence-corrected chi connectivity index (χ3v) is 2.73. The van der Waals surface area contributed by atoms with Crippen molar-refractivity contribution in [1.82, 2.24) is 0 Å². The van der Waals surface area contributed by atoms with Crippen molar-refractivity contribution in [2.45, 2.75) is 40.5 Å². The molecule has 0 amide bonds. The van der Waals surface area contributed by atoms with E-state index in [9.17, 15) is 4.79 Å². The van der Waals surface area contributed by atoms with Crippen LogP contribution in [0.25, 0.3) is 0 Å². The minimum atomic E-state index is -0.249. The van der Waals surface area contributed by atoms with Crippen LogP contribution in [0.2, 0.25) is 0 Å². The highest BCUT2D eigenvalue weighted by Gasteiger charge is 2.20. The van der Waals surface area contributed by atoms with Crippen molar-refractivity contribution in [3.05, 3.63) is 29.8 Å². The van der Waals surface area contributed by atoms with E-state index in [-0.39, 0.29) is 5.41 Å². The van der Waals surface area contributed by atoms with Gasteiger partial charge in [-0.2, -0.15) is 0 Å². The van der Waals surface area contributed by atoms with E-state index in [0.717, 1.165) is 17.7 Å². The smallest absolute Gasteiger partial charge is 0.138 e. The third-order valence-electron chi connectivity index (χ3n) is 2.73. The molecule has 0 atom stereocenters. The Hall–Kier alpha value is -1.31. The van der Waals surface area contributed by atoms with Crippen LogP contribution >= 0.6 is 0 Å². The lowest BCUT2D eigenvalue weighted by molar-refractivity contribution is -0.126. The molecule has 0 aliphatic carbocycles. The van der Waals surface area contributed by atoms with E-state index in [2.05, 4.69) is 0 Å². The summed E-state index contributed by atoms with van der Waals surface area (Å²) >= 11 is 0. The fourth-order valence-electron chi connectivity index (χ4n) is 1.63. The maximum absolute atomic E-state index is 11.9. The van der Waals surface area contributed by atoms with Crippen LogP contribution in [0, 0.1) is 5.41 Å². The normalized spacial score (nSPS) is 11.3. The third kappa shape index (κ3) is 4.22. The summed E-state index contributed by atoms with van der Waals surface area (Å²) in [5.74, 6) is 1.19. The highest BCUT2D eigenvalue weighted by atomic mass is 16.5. The molecule has 0 heterocycles. The number of rotatable bonds is 5. The van der Waals surface area contributed by atoms with Gasteiger partial charge in [-0.25, -0.2) is 0 Å². The summed E-state index contributed by atoms with van der Waals surface area (Å²) in [7, 11) is 0. The molecule has 1 rings (SSSR count). The summed E-state index contributed by atoms with van der Waals surface area (Å²) in [6, 6.07) is 7.93. The number of carbonyl (C=O) groups excluding carboxylic acids is 1. The first-order chi connectivity index (χ1) is 7.95. The van der Waals surface area contributed by atoms with E-state index >= 15 is 0 Å². The highest BCUT2D eigenvalue weighted by molar-refractivity contribution is 5.83. The van der Waals surface area contributed by atoms with E-state index in [1.54, 1.807) is 0 Å². The lowest BCUT2D eigenvalue weighted by Gasteiger charge is -2.17. The minimum absolute atomic E-state index is 0.249. The quantitative estimate of drug-likeness (QED) is 0.777. The molecule has 0 radical (unpaired) electrons. The monoisotopic (exact) mass is 234 g/mol. The van der Waals surface area contributed by atoms with Gasteiger partial charge >= 0.3 is 0 Å². The van der Waals surface area contributed by atoms with E-state index < -0.39 is 0 Å². The van der Waals surface area contributed by atoms with Gasteiger partial charge in [0, 0.05) is 11.8 Å². The Morgan fingerprint density at radius 2 is 1.88 bits per heavy atom. The van der Waals surface area contributed by atoms with Crippen molar-refractivity contribution in [1.29, 1.82) is 0 Å². The SMILES string of the molecule is CCOc1ccccc1CCC(=O)C(C)(C)C. The number of carbonyl (C=O) groups is 1. The number of ether oxygens (including phenoxy) is 1. The summed E-state index contributed by atoms with van der Waals surface area (Å²) in [6.45, 7) is 8.51. The average Bonchev–Trinajstić information content (AvgIpc) is 2.26. The first-order valence-corrected chi connectivity index (χ1v) is 6.19. The molecule has 0 aromatic heterocycles. The molecule has 0 saturated heterocycles. The van der Waals surface area contributed by atoms with Gasteiger partial charge in [-0.3, -0.25) is 4.79 Å². The van der Waals surface area contributed by atoms with Crippen LogP contribution in [0.15, 0.2) is 24.3 Å². The lowest BCUT2D eigenvalue weighted by atomic mass is 9.87. The van der Waals surface area contributed by atoms with E-state index in [0.29, 0.717) is 18.8 Å². The first-order valence-electron chi connectivity index (χ1n) is 6.19. The Balaban J connectivity index is 2.66. The second kappa shape index (κ2) is 5.85. The standard InChI is InChI=1S/C15H22O2/c1-5-17-13-9-7-6-8-12(13)10-11-14(16)15(2,3)4/h6-9H,5,10-11H2,1-4H3. The molecule has 0 aliphatic rings. The molecule has 0 N–H and O–H groups in total. The first kappa shape index (κ1) is 13.8. The minimum Gasteiger partial charge on any atom is -0.494 e. The van der Waals surface area contributed by atoms with Crippen LogP contribution in [-0.2, 0) is 11.2 Å². The Morgan fingerprint density at radius 1 is 1.24 bits per heavy atom. The number of hydrogen-bond donors (Lipinski definition) is 0. The molecular weight excluding hydrogens is 212 g/mol. The predicted octanol–water partition coefficient (Wildman–Crippen LogP) is 3.63. The highest BCUT2D eigenvalue weighted by Crippen LogP contribution is 2.23. The predicted molar refractivity (Wildman–Crippen MR) is 70.4 cm³/mol. The molecule has 17 heavy (non-hydrogen) atoms. The van der Waals surface area contributed by atoms with Crippen LogP contribution in [0.3, 0.4) is 0 Å². The van der Waals surface area contributed by atoms with Crippen molar-refractivity contribution >= 4 is 5.78 Å². The zero-order valence-electron chi connectivity index (χ0n) is 11.2. The molecule has 1 aromatic carbocycles. The molecule has 0 unspecified atom stereocenters. The molecule has 1 aromatic rings. The van der Waals surface area contributed by atoms with Crippen LogP contribution < -0.4 is 4.74 Å². The topological polar surface area (TPSA) is 26.3 Å². The van der Waals surface area contributed by atoms with Gasteiger partial charge < -0.3 is 4.74 Å². The Morgan fingerprint density at radius 3 is 2.47 bits per heavy atom. The molecule has 0 fully saturated rings. The van der Waals surface area contributed by atoms with E-state index in [1.165, 1.54) is 0 Å². The van der Waals surface area contributed by atoms with Gasteiger partial charge in [0.15, 0.2) is 0 Å². The zero-order valence-corrected chi connectivity index (χ0v) is 11.2. The molecule has 94 valence electrons. The van der Waals surface area contributed by atoms with Crippen molar-refractivity contribution in [3.8, 4) is 5.75 Å². The van der Waals surface area contributed by atoms with Crippen molar-refractivity contribution < 1.29 is 9.53 Å². The fourth-order valence-corrected chi connectivity index (χ4v) is 1.63. The molecular formula is C15H22O2. The molecule has 2 heteroatoms. The Bertz CT molecular complexity index is 375. The molecule has 0 aliphatic heterocycles.